The highest BCUT2D eigenvalue weighted by Crippen LogP contribution is 2.47. The zero-order valence-electron chi connectivity index (χ0n) is 32.4. The van der Waals surface area contributed by atoms with E-state index in [1.807, 2.05) is 0 Å². The number of fused-ring (bicyclic) bond motifs is 9. The van der Waals surface area contributed by atoms with Gasteiger partial charge in [0.25, 0.3) is 0 Å². The number of aromatic nitrogens is 2. The summed E-state index contributed by atoms with van der Waals surface area (Å²) >= 11 is 0. The minimum Gasteiger partial charge on any atom is -0.344 e. The minimum atomic E-state index is 1.21. The summed E-state index contributed by atoms with van der Waals surface area (Å²) in [5, 5.41) is 12.6. The van der Waals surface area contributed by atoms with E-state index in [4.69, 9.17) is 0 Å². The van der Waals surface area contributed by atoms with E-state index in [1.54, 1.807) is 0 Å². The van der Waals surface area contributed by atoms with Crippen molar-refractivity contribution in [3.05, 3.63) is 194 Å². The minimum absolute atomic E-state index is 1.21. The molecule has 0 bridgehead atoms. The molecule has 12 rings (SSSR count). The summed E-state index contributed by atoms with van der Waals surface area (Å²) < 4.78 is 4.67. The Bertz CT molecular complexity index is 3460. The fourth-order valence-electron chi connectivity index (χ4n) is 9.92. The largest absolute Gasteiger partial charge is 0.344 e. The van der Waals surface area contributed by atoms with E-state index in [0.29, 0.717) is 0 Å². The molecule has 0 radical (unpaired) electrons. The van der Waals surface area contributed by atoms with Crippen molar-refractivity contribution in [2.24, 2.45) is 14.1 Å². The maximum absolute atomic E-state index is 2.47. The second-order valence-corrected chi connectivity index (χ2v) is 15.8. The molecule has 0 aliphatic carbocycles. The van der Waals surface area contributed by atoms with Crippen LogP contribution in [0.25, 0.3) is 120 Å². The molecule has 0 fully saturated rings. The molecule has 0 aliphatic heterocycles. The summed E-state index contributed by atoms with van der Waals surface area (Å²) in [5.41, 5.74) is 14.8. The Morgan fingerprint density at radius 2 is 0.707 bits per heavy atom. The summed E-state index contributed by atoms with van der Waals surface area (Å²) in [6, 6.07) is 72.2. The molecular weight excluding hydrogens is 701 g/mol. The lowest BCUT2D eigenvalue weighted by Crippen LogP contribution is -1.93. The van der Waals surface area contributed by atoms with Crippen LogP contribution in [0.15, 0.2) is 194 Å². The molecular formula is C56H38N2. The lowest BCUT2D eigenvalue weighted by molar-refractivity contribution is 1.01. The van der Waals surface area contributed by atoms with E-state index in [-0.39, 0.29) is 0 Å². The standard InChI is InChI=1S/C56H38N2/c1-57-52-24-10-8-18-42(52)44-28-26-38(32-54(44)57)40-20-12-22-46-49(40)34-50-41(39-27-29-45-43-19-9-11-25-53(43)58(2)55(45)33-39)21-13-23-47(50)56(46)51-31-37-17-7-6-16-36(37)30-48(51)35-14-4-3-5-15-35/h3-34H,1-2H3. The molecule has 2 heteroatoms. The first kappa shape index (κ1) is 32.8. The van der Waals surface area contributed by atoms with Crippen LogP contribution >= 0.6 is 0 Å². The number of hydrogen-bond donors (Lipinski definition) is 0. The van der Waals surface area contributed by atoms with Gasteiger partial charge >= 0.3 is 0 Å². The number of para-hydroxylation sites is 2. The molecule has 0 aliphatic rings. The highest BCUT2D eigenvalue weighted by Gasteiger charge is 2.20. The molecule has 0 saturated carbocycles. The van der Waals surface area contributed by atoms with Crippen LogP contribution in [0.5, 0.6) is 0 Å². The van der Waals surface area contributed by atoms with Crippen LogP contribution in [0.2, 0.25) is 0 Å². The summed E-state index contributed by atoms with van der Waals surface area (Å²) in [6.45, 7) is 0. The Kier molecular flexibility index (Phi) is 7.09. The summed E-state index contributed by atoms with van der Waals surface area (Å²) in [6.07, 6.45) is 0. The quantitative estimate of drug-likeness (QED) is 0.159. The Morgan fingerprint density at radius 3 is 1.26 bits per heavy atom. The first-order valence-corrected chi connectivity index (χ1v) is 20.1. The number of aryl methyl sites for hydroxylation is 2. The van der Waals surface area contributed by atoms with Crippen molar-refractivity contribution >= 4 is 75.9 Å². The molecule has 0 spiro atoms. The van der Waals surface area contributed by atoms with Gasteiger partial charge in [-0.05, 0) is 119 Å². The van der Waals surface area contributed by atoms with Crippen molar-refractivity contribution in [1.29, 1.82) is 0 Å². The third-order valence-corrected chi connectivity index (χ3v) is 12.7. The van der Waals surface area contributed by atoms with Crippen molar-refractivity contribution in [1.82, 2.24) is 9.13 Å². The lowest BCUT2D eigenvalue weighted by atomic mass is 9.83. The second kappa shape index (κ2) is 12.5. The Balaban J connectivity index is 1.20. The average Bonchev–Trinajstić information content (AvgIpc) is 3.74. The van der Waals surface area contributed by atoms with Gasteiger partial charge in [-0.3, -0.25) is 0 Å². The van der Waals surface area contributed by atoms with Gasteiger partial charge in [-0.1, -0.05) is 152 Å². The van der Waals surface area contributed by atoms with Crippen molar-refractivity contribution in [2.45, 2.75) is 0 Å². The molecule has 0 amide bonds. The third-order valence-electron chi connectivity index (χ3n) is 12.7. The van der Waals surface area contributed by atoms with E-state index in [1.165, 1.54) is 120 Å². The molecule has 12 aromatic rings. The van der Waals surface area contributed by atoms with Crippen LogP contribution in [0.4, 0.5) is 0 Å². The maximum Gasteiger partial charge on any atom is 0.0494 e. The van der Waals surface area contributed by atoms with Crippen molar-refractivity contribution in [3.8, 4) is 44.5 Å². The monoisotopic (exact) mass is 738 g/mol. The van der Waals surface area contributed by atoms with Gasteiger partial charge in [0.15, 0.2) is 0 Å². The Hall–Kier alpha value is -7.42. The lowest BCUT2D eigenvalue weighted by Gasteiger charge is -2.20. The zero-order chi connectivity index (χ0) is 38.5. The first-order valence-electron chi connectivity index (χ1n) is 20.1. The van der Waals surface area contributed by atoms with Gasteiger partial charge in [0.2, 0.25) is 0 Å². The summed E-state index contributed by atoms with van der Waals surface area (Å²) in [4.78, 5) is 0. The van der Waals surface area contributed by atoms with Crippen LogP contribution in [0.3, 0.4) is 0 Å². The molecule has 2 nitrogen and oxygen atoms in total. The van der Waals surface area contributed by atoms with Gasteiger partial charge in [-0.25, -0.2) is 0 Å². The highest BCUT2D eigenvalue weighted by molar-refractivity contribution is 6.22. The molecule has 10 aromatic carbocycles. The van der Waals surface area contributed by atoms with E-state index in [0.717, 1.165) is 0 Å². The topological polar surface area (TPSA) is 9.86 Å². The fraction of sp³-hybridized carbons (Fsp3) is 0.0357. The van der Waals surface area contributed by atoms with Gasteiger partial charge in [-0.2, -0.15) is 0 Å². The number of hydrogen-bond acceptors (Lipinski definition) is 0. The molecule has 58 heavy (non-hydrogen) atoms. The fourth-order valence-corrected chi connectivity index (χ4v) is 9.92. The van der Waals surface area contributed by atoms with Gasteiger partial charge in [-0.15, -0.1) is 0 Å². The van der Waals surface area contributed by atoms with E-state index in [2.05, 4.69) is 217 Å². The zero-order valence-corrected chi connectivity index (χ0v) is 32.4. The van der Waals surface area contributed by atoms with Gasteiger partial charge in [0.05, 0.1) is 0 Å². The van der Waals surface area contributed by atoms with Crippen molar-refractivity contribution in [2.75, 3.05) is 0 Å². The van der Waals surface area contributed by atoms with Gasteiger partial charge in [0.1, 0.15) is 0 Å². The van der Waals surface area contributed by atoms with Gasteiger partial charge in [0, 0.05) is 57.7 Å². The summed E-state index contributed by atoms with van der Waals surface area (Å²) in [7, 11) is 4.37. The maximum atomic E-state index is 2.47. The molecule has 0 unspecified atom stereocenters. The van der Waals surface area contributed by atoms with Crippen molar-refractivity contribution in [3.63, 3.8) is 0 Å². The third kappa shape index (κ3) is 4.79. The van der Waals surface area contributed by atoms with Crippen LogP contribution in [0, 0.1) is 0 Å². The first-order chi connectivity index (χ1) is 28.6. The average molecular weight is 739 g/mol. The van der Waals surface area contributed by atoms with Gasteiger partial charge < -0.3 is 9.13 Å². The van der Waals surface area contributed by atoms with E-state index < -0.39 is 0 Å². The SMILES string of the molecule is Cn1c2ccccc2c2ccc(-c3cccc4c(-c5cc6ccccc6cc5-c5ccccc5)c5cccc(-c6ccc7c8ccccc8n(C)c7c6)c5cc34)cc21. The molecule has 2 heterocycles. The van der Waals surface area contributed by atoms with Crippen molar-refractivity contribution < 1.29 is 0 Å². The van der Waals surface area contributed by atoms with Crippen LogP contribution < -0.4 is 0 Å². The molecule has 0 saturated heterocycles. The predicted molar refractivity (Wildman–Crippen MR) is 249 cm³/mol. The Morgan fingerprint density at radius 1 is 0.259 bits per heavy atom. The molecule has 2 aromatic heterocycles. The predicted octanol–water partition coefficient (Wildman–Crippen LogP) is 15.1. The van der Waals surface area contributed by atoms with Crippen LogP contribution in [-0.2, 0) is 14.1 Å². The molecule has 0 N–H and O–H groups in total. The normalized spacial score (nSPS) is 12.0. The van der Waals surface area contributed by atoms with E-state index >= 15 is 0 Å². The highest BCUT2D eigenvalue weighted by atomic mass is 14.9. The number of benzene rings is 10. The van der Waals surface area contributed by atoms with Crippen LogP contribution in [-0.4, -0.2) is 9.13 Å². The molecule has 272 valence electrons. The summed E-state index contributed by atoms with van der Waals surface area (Å²) in [5.74, 6) is 0. The van der Waals surface area contributed by atoms with E-state index in [9.17, 15) is 0 Å². The molecule has 0 atom stereocenters. The Labute approximate surface area is 336 Å². The number of rotatable bonds is 4. The number of nitrogens with zero attached hydrogens (tertiary/aromatic N) is 2. The van der Waals surface area contributed by atoms with Crippen LogP contribution in [0.1, 0.15) is 0 Å². The second-order valence-electron chi connectivity index (χ2n) is 15.8. The smallest absolute Gasteiger partial charge is 0.0494 e.